The van der Waals surface area contributed by atoms with Gasteiger partial charge >= 0.3 is 0 Å². The summed E-state index contributed by atoms with van der Waals surface area (Å²) >= 11 is 3.62. The van der Waals surface area contributed by atoms with Gasteiger partial charge in [0.15, 0.2) is 0 Å². The minimum absolute atomic E-state index is 0.0490. The van der Waals surface area contributed by atoms with Crippen molar-refractivity contribution in [2.45, 2.75) is 34.3 Å². The molecule has 1 aliphatic heterocycles. The third-order valence-corrected chi connectivity index (χ3v) is 9.57. The maximum atomic E-state index is 11.5. The van der Waals surface area contributed by atoms with Crippen LogP contribution >= 0.6 is 23.5 Å². The summed E-state index contributed by atoms with van der Waals surface area (Å²) in [5, 5.41) is 16.6. The number of rotatable bonds is 2. The molecule has 1 aliphatic rings. The highest BCUT2D eigenvalue weighted by molar-refractivity contribution is 8.17. The fourth-order valence-corrected chi connectivity index (χ4v) is 7.89. The highest BCUT2D eigenvalue weighted by Crippen LogP contribution is 2.56. The summed E-state index contributed by atoms with van der Waals surface area (Å²) in [5.74, 6) is 0. The van der Waals surface area contributed by atoms with Crippen LogP contribution < -0.4 is 0 Å². The topological polar surface area (TPSA) is 20.2 Å². The molecule has 0 saturated carbocycles. The molecule has 5 aromatic carbocycles. The Bertz CT molecular complexity index is 1410. The summed E-state index contributed by atoms with van der Waals surface area (Å²) < 4.78 is -0.0490. The molecule has 0 saturated heterocycles. The van der Waals surface area contributed by atoms with E-state index in [4.69, 9.17) is 0 Å². The lowest BCUT2D eigenvalue weighted by atomic mass is 9.91. The molecule has 6 rings (SSSR count). The van der Waals surface area contributed by atoms with Gasteiger partial charge in [0.25, 0.3) is 0 Å². The normalized spacial score (nSPS) is 14.6. The monoisotopic (exact) mass is 464 g/mol. The van der Waals surface area contributed by atoms with Gasteiger partial charge in [0, 0.05) is 20.9 Å². The van der Waals surface area contributed by atoms with E-state index >= 15 is 0 Å². The van der Waals surface area contributed by atoms with Crippen LogP contribution in [0.1, 0.15) is 22.8 Å². The van der Waals surface area contributed by atoms with E-state index in [2.05, 4.69) is 74.5 Å². The first-order chi connectivity index (χ1) is 16.1. The van der Waals surface area contributed by atoms with Crippen LogP contribution in [0.25, 0.3) is 32.7 Å². The van der Waals surface area contributed by atoms with Crippen LogP contribution in [0.4, 0.5) is 0 Å². The van der Waals surface area contributed by atoms with Gasteiger partial charge in [-0.3, -0.25) is 0 Å². The zero-order chi connectivity index (χ0) is 22.5. The molecule has 1 atom stereocenters. The van der Waals surface area contributed by atoms with Gasteiger partial charge in [-0.2, -0.15) is 0 Å². The number of aryl methyl sites for hydroxylation is 2. The van der Waals surface area contributed by atoms with Crippen LogP contribution in [0.5, 0.6) is 0 Å². The number of benzene rings is 5. The molecule has 0 fully saturated rings. The van der Waals surface area contributed by atoms with Gasteiger partial charge in [0.05, 0.1) is 4.58 Å². The van der Waals surface area contributed by atoms with E-state index in [1.165, 1.54) is 53.6 Å². The summed E-state index contributed by atoms with van der Waals surface area (Å²) in [6.45, 7) is 4.41. The summed E-state index contributed by atoms with van der Waals surface area (Å²) in [4.78, 5) is 2.55. The minimum Gasteiger partial charge on any atom is -0.386 e. The van der Waals surface area contributed by atoms with Gasteiger partial charge in [-0.15, -0.1) is 23.5 Å². The highest BCUT2D eigenvalue weighted by atomic mass is 32.2. The molecule has 1 unspecified atom stereocenters. The molecule has 0 radical (unpaired) electrons. The van der Waals surface area contributed by atoms with Crippen LogP contribution in [0.15, 0.2) is 101 Å². The molecule has 0 amide bonds. The molecule has 1 N–H and O–H groups in total. The van der Waals surface area contributed by atoms with E-state index in [0.717, 1.165) is 5.56 Å². The van der Waals surface area contributed by atoms with Crippen molar-refractivity contribution in [3.63, 3.8) is 0 Å². The van der Waals surface area contributed by atoms with Crippen LogP contribution in [0.2, 0.25) is 0 Å². The van der Waals surface area contributed by atoms with E-state index in [-0.39, 0.29) is 4.58 Å². The summed E-state index contributed by atoms with van der Waals surface area (Å²) in [6.07, 6.45) is -0.572. The van der Waals surface area contributed by atoms with E-state index < -0.39 is 6.10 Å². The van der Waals surface area contributed by atoms with Gasteiger partial charge < -0.3 is 5.11 Å². The molecule has 33 heavy (non-hydrogen) atoms. The van der Waals surface area contributed by atoms with Crippen molar-refractivity contribution in [2.24, 2.45) is 0 Å². The van der Waals surface area contributed by atoms with Crippen molar-refractivity contribution >= 4 is 45.1 Å². The van der Waals surface area contributed by atoms with Crippen molar-refractivity contribution in [1.82, 2.24) is 0 Å². The lowest BCUT2D eigenvalue weighted by Gasteiger charge is -2.22. The Morgan fingerprint density at radius 2 is 1.09 bits per heavy atom. The average molecular weight is 465 g/mol. The number of aliphatic hydroxyl groups excluding tert-OH is 1. The fourth-order valence-electron chi connectivity index (χ4n) is 4.93. The smallest absolute Gasteiger partial charge is 0.101 e. The number of aliphatic hydroxyl groups is 1. The zero-order valence-corrected chi connectivity index (χ0v) is 20.2. The number of hydrogen-bond acceptors (Lipinski definition) is 3. The summed E-state index contributed by atoms with van der Waals surface area (Å²) in [6, 6.07) is 32.0. The molecule has 0 spiro atoms. The van der Waals surface area contributed by atoms with Crippen molar-refractivity contribution in [1.29, 1.82) is 0 Å². The molecular weight excluding hydrogens is 440 g/mol. The molecule has 162 valence electrons. The molecule has 3 heteroatoms. The van der Waals surface area contributed by atoms with Gasteiger partial charge in [0.2, 0.25) is 0 Å². The predicted molar refractivity (Wildman–Crippen MR) is 143 cm³/mol. The third kappa shape index (κ3) is 3.47. The second-order valence-electron chi connectivity index (χ2n) is 8.70. The van der Waals surface area contributed by atoms with Crippen LogP contribution in [0.3, 0.4) is 0 Å². The van der Waals surface area contributed by atoms with Crippen molar-refractivity contribution < 1.29 is 5.11 Å². The quantitative estimate of drug-likeness (QED) is 0.283. The maximum Gasteiger partial charge on any atom is 0.101 e. The molecule has 1 heterocycles. The van der Waals surface area contributed by atoms with Crippen LogP contribution in [-0.2, 0) is 0 Å². The van der Waals surface area contributed by atoms with Gasteiger partial charge in [0.1, 0.15) is 6.10 Å². The fraction of sp³-hybridized carbons (Fsp3) is 0.133. The summed E-state index contributed by atoms with van der Waals surface area (Å²) in [7, 11) is 0. The largest absolute Gasteiger partial charge is 0.386 e. The molecule has 0 aromatic heterocycles. The van der Waals surface area contributed by atoms with E-state index in [1.54, 1.807) is 0 Å². The van der Waals surface area contributed by atoms with Crippen LogP contribution in [0, 0.1) is 13.8 Å². The second-order valence-corrected chi connectivity index (χ2v) is 11.3. The number of thioether (sulfide) groups is 2. The Hall–Kier alpha value is -2.72. The Morgan fingerprint density at radius 3 is 1.61 bits per heavy atom. The van der Waals surface area contributed by atoms with E-state index in [9.17, 15) is 5.11 Å². The molecule has 5 aromatic rings. The number of hydrogen-bond donors (Lipinski definition) is 1. The lowest BCUT2D eigenvalue weighted by molar-refractivity contribution is 0.196. The predicted octanol–water partition coefficient (Wildman–Crippen LogP) is 8.53. The van der Waals surface area contributed by atoms with Crippen molar-refractivity contribution in [2.75, 3.05) is 0 Å². The zero-order valence-electron chi connectivity index (χ0n) is 18.6. The lowest BCUT2D eigenvalue weighted by Crippen LogP contribution is -2.11. The number of fused-ring (bicyclic) bond motifs is 7. The Morgan fingerprint density at radius 1 is 0.636 bits per heavy atom. The van der Waals surface area contributed by atoms with Gasteiger partial charge in [-0.05, 0) is 52.1 Å². The standard InChI is InChI=1S/C30H24OS2/c1-18-16-21-12-6-8-14-23(21)25-26-24-15-9-7-13-22(24)17-19(2)29(26)33-30(32-28(18)25)27(31)20-10-4-3-5-11-20/h3-17,27,30-31H,1-2H3. The first-order valence-corrected chi connectivity index (χ1v) is 13.0. The highest BCUT2D eigenvalue weighted by Gasteiger charge is 2.32. The molecule has 1 nitrogen and oxygen atoms in total. The second kappa shape index (κ2) is 8.25. The van der Waals surface area contributed by atoms with Crippen molar-refractivity contribution in [3.8, 4) is 11.1 Å². The minimum atomic E-state index is -0.572. The maximum absolute atomic E-state index is 11.5. The SMILES string of the molecule is Cc1cc2ccccc2c2c1SC(C(O)c1ccccc1)Sc1c(C)cc3ccccc3c1-2. The van der Waals surface area contributed by atoms with Gasteiger partial charge in [-0.25, -0.2) is 0 Å². The Labute approximate surface area is 202 Å². The average Bonchev–Trinajstić information content (AvgIpc) is 3.03. The van der Waals surface area contributed by atoms with Crippen molar-refractivity contribution in [3.05, 3.63) is 108 Å². The Balaban J connectivity index is 1.70. The summed E-state index contributed by atoms with van der Waals surface area (Å²) in [5.41, 5.74) is 6.10. The first-order valence-electron chi connectivity index (χ1n) is 11.2. The van der Waals surface area contributed by atoms with Crippen LogP contribution in [-0.4, -0.2) is 9.69 Å². The first kappa shape index (κ1) is 20.9. The molecular formula is C30H24OS2. The third-order valence-electron chi connectivity index (χ3n) is 6.49. The van der Waals surface area contributed by atoms with Gasteiger partial charge in [-0.1, -0.05) is 91.0 Å². The molecule has 0 aliphatic carbocycles. The molecule has 0 bridgehead atoms. The van der Waals surface area contributed by atoms with E-state index in [0.29, 0.717) is 0 Å². The van der Waals surface area contributed by atoms with E-state index in [1.807, 2.05) is 53.9 Å². The Kier molecular flexibility index (Phi) is 5.21.